The van der Waals surface area contributed by atoms with Crippen LogP contribution in [0.3, 0.4) is 0 Å². The van der Waals surface area contributed by atoms with Crippen molar-refractivity contribution < 1.29 is 0 Å². The molecule has 0 saturated heterocycles. The number of aryl methyl sites for hydroxylation is 10. The molecule has 0 aliphatic heterocycles. The van der Waals surface area contributed by atoms with Crippen molar-refractivity contribution in [2.45, 2.75) is 76.7 Å². The zero-order valence-electron chi connectivity index (χ0n) is 41.4. The fraction of sp³-hybridized carbons (Fsp3) is 0.169. The van der Waals surface area contributed by atoms with Gasteiger partial charge in [0.25, 0.3) is 0 Å². The second-order valence-corrected chi connectivity index (χ2v) is 19.9. The van der Waals surface area contributed by atoms with Gasteiger partial charge < -0.3 is 9.80 Å². The van der Waals surface area contributed by atoms with Gasteiger partial charge in [0, 0.05) is 48.6 Å². The van der Waals surface area contributed by atoms with Crippen LogP contribution in [-0.2, 0) is 0 Å². The van der Waals surface area contributed by atoms with Crippen LogP contribution in [0.2, 0.25) is 10.0 Å². The van der Waals surface area contributed by atoms with Crippen LogP contribution in [0.1, 0.15) is 63.1 Å². The van der Waals surface area contributed by atoms with Gasteiger partial charge in [0.2, 0.25) is 0 Å². The molecule has 70 heavy (non-hydrogen) atoms. The van der Waals surface area contributed by atoms with Gasteiger partial charge in [0.05, 0.1) is 0 Å². The van der Waals surface area contributed by atoms with E-state index in [1.54, 1.807) is 0 Å². The molecule has 0 aliphatic rings. The van der Waals surface area contributed by atoms with Gasteiger partial charge in [-0.25, -0.2) is 0 Å². The largest absolute Gasteiger partial charge is 0.310 e. The van der Waals surface area contributed by atoms with Crippen LogP contribution in [0.5, 0.6) is 0 Å². The zero-order chi connectivity index (χ0) is 49.4. The van der Waals surface area contributed by atoms with E-state index in [1.165, 1.54) is 88.0 Å². The molecule has 5 heteroatoms. The molecule has 0 unspecified atom stereocenters. The van der Waals surface area contributed by atoms with Crippen molar-refractivity contribution in [3.05, 3.63) is 258 Å². The summed E-state index contributed by atoms with van der Waals surface area (Å²) >= 11 is 15.5. The first-order chi connectivity index (χ1) is 33.0. The van der Waals surface area contributed by atoms with E-state index < -0.39 is 0 Å². The average molecular weight is 1030 g/mol. The van der Waals surface area contributed by atoms with Crippen molar-refractivity contribution in [3.63, 3.8) is 0 Å². The number of hydrogen-bond acceptors (Lipinski definition) is 2. The Bertz CT molecular complexity index is 3030. The first kappa shape index (κ1) is 53.0. The van der Waals surface area contributed by atoms with Crippen molar-refractivity contribution in [3.8, 4) is 22.3 Å². The van der Waals surface area contributed by atoms with E-state index in [0.29, 0.717) is 0 Å². The molecule has 0 saturated carbocycles. The Morgan fingerprint density at radius 3 is 0.857 bits per heavy atom. The third kappa shape index (κ3) is 13.3. The highest BCUT2D eigenvalue weighted by molar-refractivity contribution is 9.10. The Kier molecular flexibility index (Phi) is 18.2. The Morgan fingerprint density at radius 1 is 0.300 bits per heavy atom. The molecule has 0 spiro atoms. The number of hydrogen-bond donors (Lipinski definition) is 0. The zero-order valence-corrected chi connectivity index (χ0v) is 44.5. The van der Waals surface area contributed by atoms with E-state index in [9.17, 15) is 0 Å². The van der Waals surface area contributed by atoms with E-state index in [1.807, 2.05) is 48.5 Å². The predicted molar refractivity (Wildman–Crippen MR) is 311 cm³/mol. The lowest BCUT2D eigenvalue weighted by Crippen LogP contribution is -2.11. The maximum Gasteiger partial charge on any atom is 0.0490 e. The minimum Gasteiger partial charge on any atom is -0.310 e. The summed E-state index contributed by atoms with van der Waals surface area (Å²) in [5, 5.41) is 1.45. The number of halogens is 3. The molecule has 356 valence electrons. The minimum atomic E-state index is 0. The normalized spacial score (nSPS) is 10.5. The van der Waals surface area contributed by atoms with E-state index in [4.69, 9.17) is 23.2 Å². The lowest BCUT2D eigenvalue weighted by molar-refractivity contribution is 1.24. The fourth-order valence-corrected chi connectivity index (χ4v) is 9.30. The molecule has 0 aliphatic carbocycles. The maximum atomic E-state index is 6.05. The Balaban J connectivity index is 0.000000206. The molecule has 9 rings (SSSR count). The SMILES string of the molecule is C.Cc1ccc(-c2ccc(N(c3ccc(-c4ccc(C)cc4C)cc3)c3ccc(C)cc3C)cc2)c(C)c1.Cc1ccc(Br)c(C)c1.Cc1ccc(N(c2ccc(Cl)cc2)c2ccc(Cl)cc2)c(C)c1. The highest BCUT2D eigenvalue weighted by Crippen LogP contribution is 2.40. The highest BCUT2D eigenvalue weighted by Gasteiger charge is 2.17. The average Bonchev–Trinajstić information content (AvgIpc) is 3.31. The quantitative estimate of drug-likeness (QED) is 0.150. The molecule has 0 amide bonds. The number of benzene rings is 9. The summed E-state index contributed by atoms with van der Waals surface area (Å²) in [6, 6.07) is 66.5. The second kappa shape index (κ2) is 24.0. The molecule has 0 aromatic heterocycles. The van der Waals surface area contributed by atoms with E-state index in [0.717, 1.165) is 38.5 Å². The van der Waals surface area contributed by atoms with Crippen LogP contribution in [0.15, 0.2) is 193 Å². The molecule has 2 nitrogen and oxygen atoms in total. The molecule has 9 aromatic rings. The maximum absolute atomic E-state index is 6.05. The minimum absolute atomic E-state index is 0. The number of rotatable bonds is 8. The molecular formula is C65H65BrCl2N2. The summed E-state index contributed by atoms with van der Waals surface area (Å²) < 4.78 is 1.19. The van der Waals surface area contributed by atoms with Crippen LogP contribution in [-0.4, -0.2) is 0 Å². The van der Waals surface area contributed by atoms with Crippen molar-refractivity contribution in [1.29, 1.82) is 0 Å². The van der Waals surface area contributed by atoms with Gasteiger partial charge in [-0.2, -0.15) is 0 Å². The van der Waals surface area contributed by atoms with Crippen LogP contribution in [0.25, 0.3) is 22.3 Å². The Morgan fingerprint density at radius 2 is 0.571 bits per heavy atom. The van der Waals surface area contributed by atoms with Crippen LogP contribution >= 0.6 is 39.1 Å². The van der Waals surface area contributed by atoms with Gasteiger partial charge in [-0.15, -0.1) is 0 Å². The Labute approximate surface area is 437 Å². The second-order valence-electron chi connectivity index (χ2n) is 18.2. The summed E-state index contributed by atoms with van der Waals surface area (Å²) in [6.45, 7) is 21.4. The van der Waals surface area contributed by atoms with E-state index in [-0.39, 0.29) is 7.43 Å². The highest BCUT2D eigenvalue weighted by atomic mass is 79.9. The van der Waals surface area contributed by atoms with Gasteiger partial charge in [-0.1, -0.05) is 171 Å². The molecule has 9 aromatic carbocycles. The molecule has 0 fully saturated rings. The van der Waals surface area contributed by atoms with Gasteiger partial charge in [0.1, 0.15) is 0 Å². The molecule has 0 heterocycles. The number of nitrogens with zero attached hydrogens (tertiary/aromatic N) is 2. The van der Waals surface area contributed by atoms with E-state index >= 15 is 0 Å². The topological polar surface area (TPSA) is 6.48 Å². The molecular weight excluding hydrogens is 960 g/mol. The summed E-state index contributed by atoms with van der Waals surface area (Å²) in [5.41, 5.74) is 24.6. The smallest absolute Gasteiger partial charge is 0.0490 e. The molecule has 0 atom stereocenters. The number of anilines is 6. The van der Waals surface area contributed by atoms with Crippen LogP contribution < -0.4 is 9.80 Å². The Hall–Kier alpha value is -6.36. The van der Waals surface area contributed by atoms with Crippen molar-refractivity contribution >= 4 is 73.3 Å². The van der Waals surface area contributed by atoms with Gasteiger partial charge in [-0.3, -0.25) is 0 Å². The fourth-order valence-electron chi connectivity index (χ4n) is 8.80. The third-order valence-corrected chi connectivity index (χ3v) is 13.7. The lowest BCUT2D eigenvalue weighted by atomic mass is 9.97. The van der Waals surface area contributed by atoms with E-state index in [2.05, 4.69) is 234 Å². The monoisotopic (exact) mass is 1020 g/mol. The molecule has 0 bridgehead atoms. The molecule has 0 N–H and O–H groups in total. The van der Waals surface area contributed by atoms with Crippen molar-refractivity contribution in [2.24, 2.45) is 0 Å². The first-order valence-corrected chi connectivity index (χ1v) is 24.9. The summed E-state index contributed by atoms with van der Waals surface area (Å²) in [5.74, 6) is 0. The van der Waals surface area contributed by atoms with Crippen molar-refractivity contribution in [2.75, 3.05) is 9.80 Å². The summed E-state index contributed by atoms with van der Waals surface area (Å²) in [6.07, 6.45) is 0. The third-order valence-electron chi connectivity index (χ3n) is 12.3. The van der Waals surface area contributed by atoms with Gasteiger partial charge in [0.15, 0.2) is 0 Å². The van der Waals surface area contributed by atoms with Crippen LogP contribution in [0.4, 0.5) is 34.1 Å². The lowest BCUT2D eigenvalue weighted by Gasteiger charge is -2.28. The van der Waals surface area contributed by atoms with Gasteiger partial charge in [-0.05, 0) is 210 Å². The van der Waals surface area contributed by atoms with Crippen LogP contribution in [0, 0.1) is 69.2 Å². The van der Waals surface area contributed by atoms with Gasteiger partial charge >= 0.3 is 0 Å². The summed E-state index contributed by atoms with van der Waals surface area (Å²) in [7, 11) is 0. The first-order valence-electron chi connectivity index (χ1n) is 23.4. The molecule has 0 radical (unpaired) electrons. The summed E-state index contributed by atoms with van der Waals surface area (Å²) in [4.78, 5) is 4.58. The standard InChI is InChI=1S/C36H35N.C20H17Cl2N.C8H9Br.CH4/c1-24-7-18-34(27(4)21-24)30-10-14-32(15-11-30)37(36-20-9-26(3)23-29(36)6)33-16-12-31(13-17-33)35-19-8-25(2)22-28(35)5;1-14-3-12-20(15(2)13-14)23(18-8-4-16(21)5-9-18)19-10-6-17(22)7-11-19;1-6-3-4-8(9)7(2)5-6;/h7-23H,1-6H3;3-13H,1-2H3;3-5H,1-2H3;1H4. The predicted octanol–water partition coefficient (Wildman–Crippen LogP) is 21.1. The van der Waals surface area contributed by atoms with Crippen molar-refractivity contribution in [1.82, 2.24) is 0 Å².